The standard InChI is InChI=1S/C18H17ClFNO4/c1-23-13-8-12-16(18(25-3)17(13)24-2)9(7-14(22)21-12)15-10(19)5-4-6-11(15)20/h4-6,8-9H,7H2,1-3H3,(H,21,22). The SMILES string of the molecule is COc1cc2c(c(OC)c1OC)C(c1c(F)cccc1Cl)CC(=O)N2. The van der Waals surface area contributed by atoms with Crippen molar-refractivity contribution in [3.05, 3.63) is 46.2 Å². The number of hydrogen-bond donors (Lipinski definition) is 1. The number of carbonyl (C=O) groups excluding carboxylic acids is 1. The van der Waals surface area contributed by atoms with Gasteiger partial charge < -0.3 is 19.5 Å². The Morgan fingerprint density at radius 2 is 1.84 bits per heavy atom. The van der Waals surface area contributed by atoms with Crippen LogP contribution in [-0.4, -0.2) is 27.2 Å². The van der Waals surface area contributed by atoms with E-state index < -0.39 is 11.7 Å². The van der Waals surface area contributed by atoms with E-state index in [1.54, 1.807) is 12.1 Å². The molecule has 0 saturated carbocycles. The van der Waals surface area contributed by atoms with Gasteiger partial charge in [-0.2, -0.15) is 0 Å². The fraction of sp³-hybridized carbons (Fsp3) is 0.278. The fourth-order valence-corrected chi connectivity index (χ4v) is 3.50. The molecule has 0 aromatic heterocycles. The number of hydrogen-bond acceptors (Lipinski definition) is 4. The zero-order valence-corrected chi connectivity index (χ0v) is 14.7. The predicted octanol–water partition coefficient (Wildman–Crippen LogP) is 3.98. The number of nitrogens with one attached hydrogen (secondary N) is 1. The van der Waals surface area contributed by atoms with Gasteiger partial charge in [0.1, 0.15) is 5.82 Å². The molecule has 0 aliphatic carbocycles. The lowest BCUT2D eigenvalue weighted by atomic mass is 9.83. The van der Waals surface area contributed by atoms with Gasteiger partial charge >= 0.3 is 0 Å². The highest BCUT2D eigenvalue weighted by Crippen LogP contribution is 2.52. The van der Waals surface area contributed by atoms with Crippen LogP contribution in [0.5, 0.6) is 17.2 Å². The van der Waals surface area contributed by atoms with E-state index in [2.05, 4.69) is 5.32 Å². The molecule has 1 amide bonds. The first-order valence-corrected chi connectivity index (χ1v) is 7.96. The van der Waals surface area contributed by atoms with E-state index in [-0.39, 0.29) is 22.9 Å². The predicted molar refractivity (Wildman–Crippen MR) is 92.6 cm³/mol. The number of halogens is 2. The van der Waals surface area contributed by atoms with Gasteiger partial charge in [0.2, 0.25) is 11.7 Å². The first-order valence-electron chi connectivity index (χ1n) is 7.58. The van der Waals surface area contributed by atoms with Crippen LogP contribution in [0, 0.1) is 5.82 Å². The van der Waals surface area contributed by atoms with Gasteiger partial charge in [-0.25, -0.2) is 4.39 Å². The lowest BCUT2D eigenvalue weighted by molar-refractivity contribution is -0.116. The number of ether oxygens (including phenoxy) is 3. The molecular formula is C18H17ClFNO4. The van der Waals surface area contributed by atoms with Crippen molar-refractivity contribution in [2.75, 3.05) is 26.6 Å². The molecule has 1 aliphatic heterocycles. The average molecular weight is 366 g/mol. The van der Waals surface area contributed by atoms with Crippen molar-refractivity contribution in [3.8, 4) is 17.2 Å². The number of rotatable bonds is 4. The Labute approximate surface area is 149 Å². The summed E-state index contributed by atoms with van der Waals surface area (Å²) in [5.41, 5.74) is 1.34. The van der Waals surface area contributed by atoms with E-state index in [1.807, 2.05) is 0 Å². The van der Waals surface area contributed by atoms with Gasteiger partial charge in [-0.1, -0.05) is 17.7 Å². The van der Waals surface area contributed by atoms with Gasteiger partial charge in [-0.05, 0) is 12.1 Å². The highest BCUT2D eigenvalue weighted by molar-refractivity contribution is 6.31. The Hall–Kier alpha value is -2.47. The van der Waals surface area contributed by atoms with Crippen molar-refractivity contribution in [1.29, 1.82) is 0 Å². The summed E-state index contributed by atoms with van der Waals surface area (Å²) in [7, 11) is 4.45. The molecule has 1 unspecified atom stereocenters. The van der Waals surface area contributed by atoms with Gasteiger partial charge in [0, 0.05) is 34.6 Å². The molecule has 0 radical (unpaired) electrons. The zero-order valence-electron chi connectivity index (χ0n) is 14.0. The van der Waals surface area contributed by atoms with Crippen molar-refractivity contribution in [1.82, 2.24) is 0 Å². The summed E-state index contributed by atoms with van der Waals surface area (Å²) in [6.45, 7) is 0. The van der Waals surface area contributed by atoms with E-state index >= 15 is 0 Å². The topological polar surface area (TPSA) is 56.8 Å². The number of carbonyl (C=O) groups is 1. The average Bonchev–Trinajstić information content (AvgIpc) is 2.59. The molecule has 0 bridgehead atoms. The molecule has 5 nitrogen and oxygen atoms in total. The van der Waals surface area contributed by atoms with Crippen molar-refractivity contribution in [2.45, 2.75) is 12.3 Å². The number of benzene rings is 2. The van der Waals surface area contributed by atoms with Crippen LogP contribution in [0.1, 0.15) is 23.5 Å². The van der Waals surface area contributed by atoms with E-state index in [1.165, 1.54) is 33.5 Å². The van der Waals surface area contributed by atoms with Crippen molar-refractivity contribution in [3.63, 3.8) is 0 Å². The summed E-state index contributed by atoms with van der Waals surface area (Å²) < 4.78 is 30.7. The second-order valence-electron chi connectivity index (χ2n) is 5.55. The Bertz CT molecular complexity index is 820. The lowest BCUT2D eigenvalue weighted by Crippen LogP contribution is -2.25. The van der Waals surface area contributed by atoms with Gasteiger partial charge in [0.05, 0.1) is 27.0 Å². The van der Waals surface area contributed by atoms with Crippen LogP contribution in [0.25, 0.3) is 0 Å². The largest absolute Gasteiger partial charge is 0.493 e. The third-order valence-corrected chi connectivity index (χ3v) is 4.56. The summed E-state index contributed by atoms with van der Waals surface area (Å²) in [6, 6.07) is 6.08. The lowest BCUT2D eigenvalue weighted by Gasteiger charge is -2.30. The zero-order chi connectivity index (χ0) is 18.1. The minimum absolute atomic E-state index is 0.0412. The van der Waals surface area contributed by atoms with Crippen LogP contribution in [-0.2, 0) is 4.79 Å². The number of anilines is 1. The number of methoxy groups -OCH3 is 3. The van der Waals surface area contributed by atoms with E-state index in [4.69, 9.17) is 25.8 Å². The van der Waals surface area contributed by atoms with Crippen LogP contribution < -0.4 is 19.5 Å². The summed E-state index contributed by atoms with van der Waals surface area (Å²) in [4.78, 5) is 12.2. The molecule has 1 N–H and O–H groups in total. The Balaban J connectivity index is 2.32. The van der Waals surface area contributed by atoms with Crippen molar-refractivity contribution >= 4 is 23.2 Å². The fourth-order valence-electron chi connectivity index (χ4n) is 3.21. The second kappa shape index (κ2) is 6.80. The van der Waals surface area contributed by atoms with Gasteiger partial charge in [-0.15, -0.1) is 0 Å². The molecule has 3 rings (SSSR count). The Morgan fingerprint density at radius 1 is 1.12 bits per heavy atom. The second-order valence-corrected chi connectivity index (χ2v) is 5.95. The molecule has 25 heavy (non-hydrogen) atoms. The Kier molecular flexibility index (Phi) is 4.72. The normalized spacial score (nSPS) is 16.0. The molecule has 132 valence electrons. The third-order valence-electron chi connectivity index (χ3n) is 4.23. The van der Waals surface area contributed by atoms with E-state index in [9.17, 15) is 9.18 Å². The highest BCUT2D eigenvalue weighted by atomic mass is 35.5. The van der Waals surface area contributed by atoms with Gasteiger partial charge in [0.15, 0.2) is 11.5 Å². The Morgan fingerprint density at radius 3 is 2.44 bits per heavy atom. The third kappa shape index (κ3) is 2.87. The minimum Gasteiger partial charge on any atom is -0.493 e. The maximum atomic E-state index is 14.5. The minimum atomic E-state index is -0.604. The molecule has 2 aromatic rings. The number of amides is 1. The molecule has 0 saturated heterocycles. The molecule has 1 atom stereocenters. The summed E-state index contributed by atoms with van der Waals surface area (Å²) in [6.07, 6.45) is 0.0412. The number of fused-ring (bicyclic) bond motifs is 1. The molecule has 1 aliphatic rings. The highest BCUT2D eigenvalue weighted by Gasteiger charge is 2.35. The van der Waals surface area contributed by atoms with Crippen LogP contribution in [0.2, 0.25) is 5.02 Å². The molecule has 0 fully saturated rings. The molecular weight excluding hydrogens is 349 g/mol. The van der Waals surface area contributed by atoms with Crippen LogP contribution >= 0.6 is 11.6 Å². The molecule has 1 heterocycles. The molecule has 7 heteroatoms. The van der Waals surface area contributed by atoms with E-state index in [0.717, 1.165) is 0 Å². The monoisotopic (exact) mass is 365 g/mol. The quantitative estimate of drug-likeness (QED) is 0.890. The smallest absolute Gasteiger partial charge is 0.225 e. The molecule has 2 aromatic carbocycles. The van der Waals surface area contributed by atoms with Crippen molar-refractivity contribution < 1.29 is 23.4 Å². The first-order chi connectivity index (χ1) is 12.0. The first kappa shape index (κ1) is 17.4. The van der Waals surface area contributed by atoms with Crippen LogP contribution in [0.15, 0.2) is 24.3 Å². The van der Waals surface area contributed by atoms with Crippen molar-refractivity contribution in [2.24, 2.45) is 0 Å². The van der Waals surface area contributed by atoms with Crippen LogP contribution in [0.3, 0.4) is 0 Å². The maximum absolute atomic E-state index is 14.5. The summed E-state index contributed by atoms with van der Waals surface area (Å²) in [5, 5.41) is 3.03. The van der Waals surface area contributed by atoms with Gasteiger partial charge in [-0.3, -0.25) is 4.79 Å². The molecule has 0 spiro atoms. The maximum Gasteiger partial charge on any atom is 0.225 e. The van der Waals surface area contributed by atoms with E-state index in [0.29, 0.717) is 28.5 Å². The van der Waals surface area contributed by atoms with Gasteiger partial charge in [0.25, 0.3) is 0 Å². The summed E-state index contributed by atoms with van der Waals surface area (Å²) >= 11 is 6.24. The van der Waals surface area contributed by atoms with Crippen LogP contribution in [0.4, 0.5) is 10.1 Å². The summed E-state index contributed by atoms with van der Waals surface area (Å²) in [5.74, 6) is -0.175.